The third-order valence-electron chi connectivity index (χ3n) is 3.96. The zero-order chi connectivity index (χ0) is 20.9. The van der Waals surface area contributed by atoms with Crippen molar-refractivity contribution in [3.8, 4) is 0 Å². The topological polar surface area (TPSA) is 46.5 Å². The van der Waals surface area contributed by atoms with Crippen molar-refractivity contribution in [2.24, 2.45) is 4.99 Å². The van der Waals surface area contributed by atoms with E-state index in [1.165, 1.54) is 0 Å². The number of methoxy groups -OCH3 is 1. The van der Waals surface area contributed by atoms with Gasteiger partial charge in [-0.25, -0.2) is 4.99 Å². The molecule has 0 unspecified atom stereocenters. The maximum absolute atomic E-state index is 13.8. The Hall–Kier alpha value is -3.09. The van der Waals surface area contributed by atoms with E-state index in [-0.39, 0.29) is 5.70 Å². The van der Waals surface area contributed by atoms with Crippen LogP contribution in [0.25, 0.3) is 0 Å². The van der Waals surface area contributed by atoms with Crippen LogP contribution in [0, 0.1) is 13.8 Å². The van der Waals surface area contributed by atoms with E-state index in [1.807, 2.05) is 6.92 Å². The van der Waals surface area contributed by atoms with Crippen LogP contribution in [0.2, 0.25) is 0 Å². The fourth-order valence-electron chi connectivity index (χ4n) is 2.57. The number of alkyl halides is 3. The van der Waals surface area contributed by atoms with Crippen LogP contribution >= 0.6 is 0 Å². The summed E-state index contributed by atoms with van der Waals surface area (Å²) in [5, 5.41) is 2.68. The summed E-state index contributed by atoms with van der Waals surface area (Å²) in [4.78, 5) is 8.24. The van der Waals surface area contributed by atoms with Crippen molar-refractivity contribution in [2.75, 3.05) is 12.4 Å². The summed E-state index contributed by atoms with van der Waals surface area (Å²) in [6.45, 7) is 8.83. The molecule has 0 atom stereocenters. The number of hydrogen-bond acceptors (Lipinski definition) is 4. The van der Waals surface area contributed by atoms with Crippen LogP contribution < -0.4 is 5.32 Å². The largest absolute Gasteiger partial charge is 0.480 e. The highest BCUT2D eigenvalue weighted by Crippen LogP contribution is 2.34. The lowest BCUT2D eigenvalue weighted by Gasteiger charge is -2.18. The number of benzene rings is 1. The minimum Gasteiger partial charge on any atom is -0.480 e. The highest BCUT2D eigenvalue weighted by molar-refractivity contribution is 5.98. The lowest BCUT2D eigenvalue weighted by atomic mass is 10.1. The van der Waals surface area contributed by atoms with Gasteiger partial charge in [-0.05, 0) is 44.5 Å². The minimum atomic E-state index is -4.72. The van der Waals surface area contributed by atoms with Gasteiger partial charge < -0.3 is 10.1 Å². The Balaban J connectivity index is 2.48. The smallest absolute Gasteiger partial charge is 0.423 e. The molecule has 0 aliphatic rings. The van der Waals surface area contributed by atoms with Gasteiger partial charge in [0.25, 0.3) is 0 Å². The predicted molar refractivity (Wildman–Crippen MR) is 105 cm³/mol. The van der Waals surface area contributed by atoms with Gasteiger partial charge in [0.05, 0.1) is 18.5 Å². The van der Waals surface area contributed by atoms with Crippen LogP contribution in [-0.4, -0.2) is 24.0 Å². The first-order valence-electron chi connectivity index (χ1n) is 8.49. The molecule has 1 N–H and O–H groups in total. The first-order valence-corrected chi connectivity index (χ1v) is 8.49. The lowest BCUT2D eigenvalue weighted by molar-refractivity contribution is -0.0923. The molecule has 7 heteroatoms. The van der Waals surface area contributed by atoms with Crippen molar-refractivity contribution in [1.82, 2.24) is 4.98 Å². The van der Waals surface area contributed by atoms with Gasteiger partial charge in [-0.3, -0.25) is 4.98 Å². The third-order valence-corrected chi connectivity index (χ3v) is 3.96. The first-order chi connectivity index (χ1) is 13.1. The van der Waals surface area contributed by atoms with Gasteiger partial charge in [0.1, 0.15) is 5.57 Å². The molecule has 2 aromatic rings. The van der Waals surface area contributed by atoms with Crippen molar-refractivity contribution in [3.05, 3.63) is 83.1 Å². The van der Waals surface area contributed by atoms with Crippen LogP contribution in [0.15, 0.2) is 71.3 Å². The van der Waals surface area contributed by atoms with Gasteiger partial charge in [0.2, 0.25) is 5.88 Å². The average molecular weight is 389 g/mol. The normalized spacial score (nSPS) is 13.0. The molecule has 0 aliphatic carbocycles. The number of pyridine rings is 1. The van der Waals surface area contributed by atoms with E-state index in [9.17, 15) is 13.2 Å². The van der Waals surface area contributed by atoms with Crippen molar-refractivity contribution in [2.45, 2.75) is 26.9 Å². The Kier molecular flexibility index (Phi) is 6.62. The van der Waals surface area contributed by atoms with Crippen molar-refractivity contribution >= 4 is 11.4 Å². The Morgan fingerprint density at radius 1 is 1.14 bits per heavy atom. The standard InChI is InChI=1S/C21H22F3N3O/c1-13-8-10-17(11-9-13)26-15(3)18(21(22,23)24)20(28-5)27-16(4)19-14(2)7-6-12-25-19/h6-12,26H,3H2,1-2,4-5H3/b20-18-,27-16+. The number of anilines is 1. The maximum Gasteiger partial charge on any atom is 0.423 e. The Labute approximate surface area is 162 Å². The molecule has 0 saturated carbocycles. The maximum atomic E-state index is 13.8. The van der Waals surface area contributed by atoms with Crippen LogP contribution in [0.3, 0.4) is 0 Å². The molecule has 0 bridgehead atoms. The molecule has 1 aromatic heterocycles. The van der Waals surface area contributed by atoms with Gasteiger partial charge in [0, 0.05) is 17.6 Å². The van der Waals surface area contributed by atoms with Gasteiger partial charge in [-0.2, -0.15) is 13.2 Å². The van der Waals surface area contributed by atoms with Gasteiger partial charge in [-0.15, -0.1) is 0 Å². The molecule has 0 aliphatic heterocycles. The van der Waals surface area contributed by atoms with Crippen molar-refractivity contribution in [3.63, 3.8) is 0 Å². The van der Waals surface area contributed by atoms with E-state index in [0.717, 1.165) is 18.2 Å². The van der Waals surface area contributed by atoms with E-state index in [4.69, 9.17) is 4.74 Å². The highest BCUT2D eigenvalue weighted by Gasteiger charge is 2.40. The summed E-state index contributed by atoms with van der Waals surface area (Å²) in [6.07, 6.45) is -3.16. The predicted octanol–water partition coefficient (Wildman–Crippen LogP) is 5.55. The number of nitrogens with one attached hydrogen (secondary N) is 1. The second kappa shape index (κ2) is 8.73. The summed E-state index contributed by atoms with van der Waals surface area (Å²) in [7, 11) is 1.14. The zero-order valence-corrected chi connectivity index (χ0v) is 16.2. The summed E-state index contributed by atoms with van der Waals surface area (Å²) in [6, 6.07) is 10.5. The summed E-state index contributed by atoms with van der Waals surface area (Å²) in [5.74, 6) is -0.584. The summed E-state index contributed by atoms with van der Waals surface area (Å²) < 4.78 is 46.3. The third kappa shape index (κ3) is 5.22. The number of aromatic nitrogens is 1. The van der Waals surface area contributed by atoms with Crippen LogP contribution in [-0.2, 0) is 4.74 Å². The average Bonchev–Trinajstić information content (AvgIpc) is 2.62. The Morgan fingerprint density at radius 3 is 2.32 bits per heavy atom. The number of ether oxygens (including phenoxy) is 1. The van der Waals surface area contributed by atoms with Crippen molar-refractivity contribution < 1.29 is 17.9 Å². The Morgan fingerprint density at radius 2 is 1.79 bits per heavy atom. The molecule has 28 heavy (non-hydrogen) atoms. The number of halogens is 3. The molecule has 0 radical (unpaired) electrons. The number of aliphatic imine (C=N–C) groups is 1. The molecular formula is C21H22F3N3O. The molecule has 0 saturated heterocycles. The monoisotopic (exact) mass is 389 g/mol. The molecule has 0 amide bonds. The van der Waals surface area contributed by atoms with Gasteiger partial charge >= 0.3 is 6.18 Å². The molecule has 2 rings (SSSR count). The SMILES string of the molecule is C=C(Nc1ccc(C)cc1)/C(=C(\N=C(/C)c1ncccc1C)OC)C(F)(F)F. The minimum absolute atomic E-state index is 0.305. The van der Waals surface area contributed by atoms with Gasteiger partial charge in [-0.1, -0.05) is 30.3 Å². The second-order valence-corrected chi connectivity index (χ2v) is 6.22. The van der Waals surface area contributed by atoms with Crippen LogP contribution in [0.4, 0.5) is 18.9 Å². The van der Waals surface area contributed by atoms with E-state index in [2.05, 4.69) is 21.9 Å². The fraction of sp³-hybridized carbons (Fsp3) is 0.238. The molecule has 4 nitrogen and oxygen atoms in total. The molecule has 0 spiro atoms. The fourth-order valence-corrected chi connectivity index (χ4v) is 2.57. The Bertz CT molecular complexity index is 913. The van der Waals surface area contributed by atoms with E-state index in [1.54, 1.807) is 56.4 Å². The second-order valence-electron chi connectivity index (χ2n) is 6.22. The van der Waals surface area contributed by atoms with E-state index < -0.39 is 17.6 Å². The number of aryl methyl sites for hydroxylation is 2. The molecule has 1 aromatic carbocycles. The van der Waals surface area contributed by atoms with E-state index >= 15 is 0 Å². The molecule has 0 fully saturated rings. The quantitative estimate of drug-likeness (QED) is 0.400. The summed E-state index contributed by atoms with van der Waals surface area (Å²) in [5.41, 5.74) is 1.63. The molecule has 1 heterocycles. The zero-order valence-electron chi connectivity index (χ0n) is 16.2. The molecule has 148 valence electrons. The van der Waals surface area contributed by atoms with E-state index in [0.29, 0.717) is 17.1 Å². The summed E-state index contributed by atoms with van der Waals surface area (Å²) >= 11 is 0. The first kappa shape index (κ1) is 21.2. The van der Waals surface area contributed by atoms with Crippen molar-refractivity contribution in [1.29, 1.82) is 0 Å². The number of nitrogens with zero attached hydrogens (tertiary/aromatic N) is 2. The number of rotatable bonds is 6. The van der Waals surface area contributed by atoms with Crippen LogP contribution in [0.5, 0.6) is 0 Å². The lowest BCUT2D eigenvalue weighted by Crippen LogP contribution is -2.20. The van der Waals surface area contributed by atoms with Crippen LogP contribution in [0.1, 0.15) is 23.7 Å². The number of hydrogen-bond donors (Lipinski definition) is 1. The molecular weight excluding hydrogens is 367 g/mol. The number of allylic oxidation sites excluding steroid dienone is 1. The highest BCUT2D eigenvalue weighted by atomic mass is 19.4. The van der Waals surface area contributed by atoms with Gasteiger partial charge in [0.15, 0.2) is 0 Å².